The van der Waals surface area contributed by atoms with E-state index in [0.717, 1.165) is 16.7 Å². The molecular weight excluding hydrogens is 300 g/mol. The van der Waals surface area contributed by atoms with Gasteiger partial charge in [-0.2, -0.15) is 0 Å². The van der Waals surface area contributed by atoms with Gasteiger partial charge >= 0.3 is 0 Å². The summed E-state index contributed by atoms with van der Waals surface area (Å²) in [6.07, 6.45) is 0. The predicted molar refractivity (Wildman–Crippen MR) is 64.1 cm³/mol. The lowest BCUT2D eigenvalue weighted by atomic mass is 10.2. The Kier molecular flexibility index (Phi) is 3.55. The van der Waals surface area contributed by atoms with Gasteiger partial charge < -0.3 is 0 Å². The first-order valence-electron chi connectivity index (χ1n) is 5.18. The molecule has 1 aromatic carbocycles. The Bertz CT molecular complexity index is 730. The molecule has 1 heterocycles. The molecule has 2 rings (SSSR count). The Morgan fingerprint density at radius 3 is 2.53 bits per heavy atom. The zero-order chi connectivity index (χ0) is 14.2. The van der Waals surface area contributed by atoms with E-state index in [-0.39, 0.29) is 17.9 Å². The van der Waals surface area contributed by atoms with E-state index in [9.17, 15) is 17.2 Å². The van der Waals surface area contributed by atoms with Gasteiger partial charge in [-0.15, -0.1) is 10.2 Å². The number of hydrogen-bond acceptors (Lipinski definition) is 4. The van der Waals surface area contributed by atoms with Crippen LogP contribution in [0.1, 0.15) is 6.92 Å². The molecule has 0 aliphatic carbocycles. The first kappa shape index (κ1) is 13.9. The van der Waals surface area contributed by atoms with E-state index in [1.807, 2.05) is 0 Å². The maximum absolute atomic E-state index is 13.7. The largest absolute Gasteiger partial charge is 0.297 e. The molecule has 102 valence electrons. The second-order valence-electron chi connectivity index (χ2n) is 3.61. The van der Waals surface area contributed by atoms with Gasteiger partial charge in [-0.3, -0.25) is 4.57 Å². The minimum Gasteiger partial charge on any atom is -0.297 e. The van der Waals surface area contributed by atoms with Crippen molar-refractivity contribution in [2.45, 2.75) is 18.6 Å². The van der Waals surface area contributed by atoms with Crippen LogP contribution in [-0.4, -0.2) is 23.2 Å². The van der Waals surface area contributed by atoms with Crippen molar-refractivity contribution in [2.24, 2.45) is 0 Å². The maximum Gasteiger partial charge on any atom is 0.296 e. The molecule has 0 aliphatic rings. The van der Waals surface area contributed by atoms with Gasteiger partial charge in [-0.1, -0.05) is 0 Å². The molecular formula is C10H8ClF2N3O2S. The number of aromatic nitrogens is 3. The van der Waals surface area contributed by atoms with Crippen LogP contribution in [0.25, 0.3) is 11.4 Å². The van der Waals surface area contributed by atoms with E-state index in [4.69, 9.17) is 10.7 Å². The highest BCUT2D eigenvalue weighted by atomic mass is 35.7. The molecule has 0 fully saturated rings. The van der Waals surface area contributed by atoms with Crippen molar-refractivity contribution in [1.82, 2.24) is 14.8 Å². The van der Waals surface area contributed by atoms with E-state index in [0.29, 0.717) is 6.07 Å². The van der Waals surface area contributed by atoms with Crippen molar-refractivity contribution in [1.29, 1.82) is 0 Å². The second-order valence-corrected chi connectivity index (χ2v) is 6.07. The highest BCUT2D eigenvalue weighted by molar-refractivity contribution is 8.13. The Labute approximate surface area is 112 Å². The van der Waals surface area contributed by atoms with Crippen molar-refractivity contribution in [3.63, 3.8) is 0 Å². The van der Waals surface area contributed by atoms with Crippen LogP contribution in [-0.2, 0) is 15.6 Å². The monoisotopic (exact) mass is 307 g/mol. The summed E-state index contributed by atoms with van der Waals surface area (Å²) in [5.41, 5.74) is -0.0534. The third kappa shape index (κ3) is 2.59. The second kappa shape index (κ2) is 4.86. The smallest absolute Gasteiger partial charge is 0.296 e. The van der Waals surface area contributed by atoms with Gasteiger partial charge in [0.1, 0.15) is 11.6 Å². The SMILES string of the molecule is CCn1c(-c2ccc(F)cc2F)nnc1S(=O)(=O)Cl. The molecule has 0 bridgehead atoms. The van der Waals surface area contributed by atoms with E-state index < -0.39 is 25.8 Å². The molecule has 0 N–H and O–H groups in total. The minimum absolute atomic E-state index is 0.0285. The standard InChI is InChI=1S/C10H8ClF2N3O2S/c1-2-16-9(14-15-10(16)19(11,17)18)7-4-3-6(12)5-8(7)13/h3-5H,2H2,1H3. The van der Waals surface area contributed by atoms with Crippen LogP contribution in [0.3, 0.4) is 0 Å². The third-order valence-electron chi connectivity index (χ3n) is 2.42. The first-order chi connectivity index (χ1) is 8.84. The Morgan fingerprint density at radius 1 is 1.32 bits per heavy atom. The Balaban J connectivity index is 2.67. The molecule has 2 aromatic rings. The molecule has 0 radical (unpaired) electrons. The van der Waals surface area contributed by atoms with Crippen LogP contribution in [0.5, 0.6) is 0 Å². The van der Waals surface area contributed by atoms with Crippen LogP contribution in [0, 0.1) is 11.6 Å². The summed E-state index contributed by atoms with van der Waals surface area (Å²) >= 11 is 0. The molecule has 5 nitrogen and oxygen atoms in total. The summed E-state index contributed by atoms with van der Waals surface area (Å²) < 4.78 is 50.2. The molecule has 1 aromatic heterocycles. The Morgan fingerprint density at radius 2 is 2.00 bits per heavy atom. The fraction of sp³-hybridized carbons (Fsp3) is 0.200. The van der Waals surface area contributed by atoms with Crippen molar-refractivity contribution >= 4 is 19.7 Å². The van der Waals surface area contributed by atoms with E-state index in [1.54, 1.807) is 6.92 Å². The molecule has 0 saturated heterocycles. The summed E-state index contributed by atoms with van der Waals surface area (Å²) in [6, 6.07) is 2.88. The Hall–Kier alpha value is -1.54. The quantitative estimate of drug-likeness (QED) is 0.815. The first-order valence-corrected chi connectivity index (χ1v) is 7.48. The van der Waals surface area contributed by atoms with Gasteiger partial charge in [0, 0.05) is 23.3 Å². The van der Waals surface area contributed by atoms with Crippen molar-refractivity contribution < 1.29 is 17.2 Å². The number of benzene rings is 1. The van der Waals surface area contributed by atoms with Gasteiger partial charge in [0.15, 0.2) is 5.82 Å². The minimum atomic E-state index is -4.09. The van der Waals surface area contributed by atoms with Crippen LogP contribution in [0.2, 0.25) is 0 Å². The van der Waals surface area contributed by atoms with Gasteiger partial charge in [0.25, 0.3) is 14.2 Å². The van der Waals surface area contributed by atoms with E-state index in [1.165, 1.54) is 0 Å². The number of hydrogen-bond donors (Lipinski definition) is 0. The average molecular weight is 308 g/mol. The van der Waals surface area contributed by atoms with E-state index in [2.05, 4.69) is 10.2 Å². The van der Waals surface area contributed by atoms with Crippen LogP contribution >= 0.6 is 10.7 Å². The zero-order valence-corrected chi connectivity index (χ0v) is 11.2. The summed E-state index contributed by atoms with van der Waals surface area (Å²) in [7, 11) is 1.11. The normalized spacial score (nSPS) is 11.8. The average Bonchev–Trinajstić information content (AvgIpc) is 2.72. The van der Waals surface area contributed by atoms with Gasteiger partial charge in [-0.25, -0.2) is 17.2 Å². The molecule has 0 unspecified atom stereocenters. The number of nitrogens with zero attached hydrogens (tertiary/aromatic N) is 3. The summed E-state index contributed by atoms with van der Waals surface area (Å²) in [5.74, 6) is -1.63. The topological polar surface area (TPSA) is 64.8 Å². The molecule has 0 amide bonds. The molecule has 9 heteroatoms. The van der Waals surface area contributed by atoms with Crippen molar-refractivity contribution in [3.05, 3.63) is 29.8 Å². The lowest BCUT2D eigenvalue weighted by molar-refractivity contribution is 0.576. The predicted octanol–water partition coefficient (Wildman–Crippen LogP) is 2.17. The summed E-state index contributed by atoms with van der Waals surface area (Å²) in [4.78, 5) is 0. The highest BCUT2D eigenvalue weighted by Crippen LogP contribution is 2.25. The number of rotatable bonds is 3. The summed E-state index contributed by atoms with van der Waals surface area (Å²) in [6.45, 7) is 1.79. The molecule has 0 saturated carbocycles. The van der Waals surface area contributed by atoms with Crippen LogP contribution in [0.15, 0.2) is 23.4 Å². The fourth-order valence-corrected chi connectivity index (χ4v) is 2.58. The third-order valence-corrected chi connectivity index (χ3v) is 3.58. The van der Waals surface area contributed by atoms with Gasteiger partial charge in [-0.05, 0) is 19.1 Å². The zero-order valence-electron chi connectivity index (χ0n) is 9.64. The maximum atomic E-state index is 13.7. The van der Waals surface area contributed by atoms with Gasteiger partial charge in [0.2, 0.25) is 0 Å². The molecule has 0 atom stereocenters. The van der Waals surface area contributed by atoms with Crippen molar-refractivity contribution in [2.75, 3.05) is 0 Å². The molecule has 0 aliphatic heterocycles. The van der Waals surface area contributed by atoms with E-state index >= 15 is 0 Å². The van der Waals surface area contributed by atoms with Crippen LogP contribution in [0.4, 0.5) is 8.78 Å². The lowest BCUT2D eigenvalue weighted by Crippen LogP contribution is -2.06. The van der Waals surface area contributed by atoms with Crippen molar-refractivity contribution in [3.8, 4) is 11.4 Å². The number of halogens is 3. The highest BCUT2D eigenvalue weighted by Gasteiger charge is 2.23. The summed E-state index contributed by atoms with van der Waals surface area (Å²) in [5, 5.41) is 6.56. The fourth-order valence-electron chi connectivity index (χ4n) is 1.62. The van der Waals surface area contributed by atoms with Crippen LogP contribution < -0.4 is 0 Å². The molecule has 0 spiro atoms. The van der Waals surface area contributed by atoms with Gasteiger partial charge in [0.05, 0.1) is 5.56 Å². The lowest BCUT2D eigenvalue weighted by Gasteiger charge is -2.06. The molecule has 19 heavy (non-hydrogen) atoms.